The van der Waals surface area contributed by atoms with E-state index in [9.17, 15) is 5.11 Å². The summed E-state index contributed by atoms with van der Waals surface area (Å²) in [7, 11) is 0. The lowest BCUT2D eigenvalue weighted by Gasteiger charge is -2.28. The zero-order valence-corrected chi connectivity index (χ0v) is 17.0. The predicted octanol–water partition coefficient (Wildman–Crippen LogP) is 5.72. The molecule has 140 valence electrons. The lowest BCUT2D eigenvalue weighted by molar-refractivity contribution is 0.0362. The van der Waals surface area contributed by atoms with Crippen molar-refractivity contribution in [3.8, 4) is 11.5 Å². The maximum atomic E-state index is 10.9. The molecule has 2 aromatic carbocycles. The van der Waals surface area contributed by atoms with Crippen LogP contribution in [0.1, 0.15) is 44.6 Å². The molecule has 26 heavy (non-hydrogen) atoms. The lowest BCUT2D eigenvalue weighted by atomic mass is 9.92. The van der Waals surface area contributed by atoms with E-state index >= 15 is 0 Å². The van der Waals surface area contributed by atoms with E-state index in [0.29, 0.717) is 0 Å². The minimum atomic E-state index is -0.817. The molecule has 0 radical (unpaired) electrons. The molecular weight excluding hydrogens is 390 g/mol. The summed E-state index contributed by atoms with van der Waals surface area (Å²) < 4.78 is 6.89. The van der Waals surface area contributed by atoms with Gasteiger partial charge in [0.05, 0.1) is 5.60 Å². The molecule has 2 aromatic rings. The Hall–Kier alpha value is -1.36. The van der Waals surface area contributed by atoms with Gasteiger partial charge in [0.25, 0.3) is 0 Å². The van der Waals surface area contributed by atoms with Gasteiger partial charge in [-0.1, -0.05) is 40.9 Å². The molecule has 1 aliphatic heterocycles. The molecule has 1 saturated heterocycles. The number of benzene rings is 2. The van der Waals surface area contributed by atoms with Gasteiger partial charge in [-0.15, -0.1) is 0 Å². The fraction of sp³-hybridized carbons (Fsp3) is 0.455. The summed E-state index contributed by atoms with van der Waals surface area (Å²) in [6.07, 6.45) is 5.99. The Labute approximate surface area is 165 Å². The van der Waals surface area contributed by atoms with Gasteiger partial charge in [-0.3, -0.25) is 0 Å². The highest BCUT2D eigenvalue weighted by Gasteiger charge is 2.24. The standard InChI is InChI=1S/C22H28BrNO2/c1-22(25,14-17-24-15-4-2-3-5-16-24)18-6-10-20(11-7-18)26-21-12-8-19(23)9-13-21/h6-13,25H,2-5,14-17H2,1H3. The van der Waals surface area contributed by atoms with E-state index in [4.69, 9.17) is 4.74 Å². The van der Waals surface area contributed by atoms with Crippen molar-refractivity contribution in [2.45, 2.75) is 44.6 Å². The second kappa shape index (κ2) is 9.03. The van der Waals surface area contributed by atoms with Crippen molar-refractivity contribution < 1.29 is 9.84 Å². The van der Waals surface area contributed by atoms with E-state index in [2.05, 4.69) is 20.8 Å². The summed E-state index contributed by atoms with van der Waals surface area (Å²) in [5.74, 6) is 1.58. The first-order chi connectivity index (χ1) is 12.5. The van der Waals surface area contributed by atoms with Crippen molar-refractivity contribution in [2.75, 3.05) is 19.6 Å². The van der Waals surface area contributed by atoms with Crippen LogP contribution in [0.15, 0.2) is 53.0 Å². The van der Waals surface area contributed by atoms with Crippen LogP contribution in [-0.2, 0) is 5.60 Å². The average Bonchev–Trinajstić information content (AvgIpc) is 2.91. The normalized spacial score (nSPS) is 18.1. The minimum Gasteiger partial charge on any atom is -0.457 e. The number of hydrogen-bond acceptors (Lipinski definition) is 3. The smallest absolute Gasteiger partial charge is 0.127 e. The summed E-state index contributed by atoms with van der Waals surface area (Å²) in [5, 5.41) is 10.9. The lowest BCUT2D eigenvalue weighted by Crippen LogP contribution is -2.32. The topological polar surface area (TPSA) is 32.7 Å². The largest absolute Gasteiger partial charge is 0.457 e. The molecule has 0 bridgehead atoms. The van der Waals surface area contributed by atoms with E-state index < -0.39 is 5.60 Å². The Balaban J connectivity index is 1.58. The Morgan fingerprint density at radius 1 is 0.923 bits per heavy atom. The predicted molar refractivity (Wildman–Crippen MR) is 110 cm³/mol. The fourth-order valence-corrected chi connectivity index (χ4v) is 3.67. The van der Waals surface area contributed by atoms with Gasteiger partial charge < -0.3 is 14.7 Å². The maximum absolute atomic E-state index is 10.9. The van der Waals surface area contributed by atoms with E-state index in [0.717, 1.165) is 47.6 Å². The van der Waals surface area contributed by atoms with Crippen molar-refractivity contribution in [1.29, 1.82) is 0 Å². The first-order valence-corrected chi connectivity index (χ1v) is 10.3. The van der Waals surface area contributed by atoms with Crippen molar-refractivity contribution in [1.82, 2.24) is 4.90 Å². The Morgan fingerprint density at radius 2 is 1.46 bits per heavy atom. The highest BCUT2D eigenvalue weighted by Crippen LogP contribution is 2.29. The van der Waals surface area contributed by atoms with Crippen LogP contribution in [0.5, 0.6) is 11.5 Å². The number of nitrogens with zero attached hydrogens (tertiary/aromatic N) is 1. The highest BCUT2D eigenvalue weighted by molar-refractivity contribution is 9.10. The zero-order chi connectivity index (χ0) is 18.4. The number of hydrogen-bond donors (Lipinski definition) is 1. The maximum Gasteiger partial charge on any atom is 0.127 e. The Kier molecular flexibility index (Phi) is 6.74. The van der Waals surface area contributed by atoms with Crippen molar-refractivity contribution in [3.63, 3.8) is 0 Å². The molecular formula is C22H28BrNO2. The van der Waals surface area contributed by atoms with Crippen LogP contribution in [0.4, 0.5) is 0 Å². The van der Waals surface area contributed by atoms with Crippen LogP contribution >= 0.6 is 15.9 Å². The molecule has 0 aliphatic carbocycles. The molecule has 1 fully saturated rings. The van der Waals surface area contributed by atoms with Gasteiger partial charge in [-0.05, 0) is 81.2 Å². The number of halogens is 1. The SMILES string of the molecule is CC(O)(CCN1CCCCCC1)c1ccc(Oc2ccc(Br)cc2)cc1. The van der Waals surface area contributed by atoms with Gasteiger partial charge in [-0.25, -0.2) is 0 Å². The summed E-state index contributed by atoms with van der Waals surface area (Å²) >= 11 is 3.42. The van der Waals surface area contributed by atoms with Crippen LogP contribution in [0.2, 0.25) is 0 Å². The first-order valence-electron chi connectivity index (χ1n) is 9.52. The van der Waals surface area contributed by atoms with Crippen molar-refractivity contribution in [2.24, 2.45) is 0 Å². The van der Waals surface area contributed by atoms with Crippen LogP contribution in [0.3, 0.4) is 0 Å². The minimum absolute atomic E-state index is 0.750. The monoisotopic (exact) mass is 417 g/mol. The molecule has 0 amide bonds. The second-order valence-corrected chi connectivity index (χ2v) is 8.28. The van der Waals surface area contributed by atoms with E-state index in [1.165, 1.54) is 25.7 Å². The number of likely N-dealkylation sites (tertiary alicyclic amines) is 1. The third-order valence-electron chi connectivity index (χ3n) is 5.14. The Bertz CT molecular complexity index is 674. The first kappa shape index (κ1) is 19.4. The molecule has 1 heterocycles. The van der Waals surface area contributed by atoms with Crippen LogP contribution in [0.25, 0.3) is 0 Å². The highest BCUT2D eigenvalue weighted by atomic mass is 79.9. The molecule has 1 aliphatic rings. The van der Waals surface area contributed by atoms with Gasteiger partial charge in [0, 0.05) is 11.0 Å². The molecule has 1 atom stereocenters. The molecule has 1 N–H and O–H groups in total. The average molecular weight is 418 g/mol. The quantitative estimate of drug-likeness (QED) is 0.652. The summed E-state index contributed by atoms with van der Waals surface area (Å²) in [6.45, 7) is 5.19. The van der Waals surface area contributed by atoms with Crippen LogP contribution in [-0.4, -0.2) is 29.6 Å². The van der Waals surface area contributed by atoms with E-state index in [1.807, 2.05) is 55.5 Å². The molecule has 3 rings (SSSR count). The van der Waals surface area contributed by atoms with Crippen LogP contribution < -0.4 is 4.74 Å². The Morgan fingerprint density at radius 3 is 2.04 bits per heavy atom. The van der Waals surface area contributed by atoms with E-state index in [-0.39, 0.29) is 0 Å². The summed E-state index contributed by atoms with van der Waals surface area (Å²) in [5.41, 5.74) is 0.123. The van der Waals surface area contributed by atoms with Gasteiger partial charge in [-0.2, -0.15) is 0 Å². The van der Waals surface area contributed by atoms with Crippen LogP contribution in [0, 0.1) is 0 Å². The third kappa shape index (κ3) is 5.57. The van der Waals surface area contributed by atoms with Gasteiger partial charge in [0.1, 0.15) is 11.5 Å². The van der Waals surface area contributed by atoms with Gasteiger partial charge in [0.2, 0.25) is 0 Å². The number of ether oxygens (including phenoxy) is 1. The third-order valence-corrected chi connectivity index (χ3v) is 5.67. The molecule has 0 aromatic heterocycles. The molecule has 1 unspecified atom stereocenters. The molecule has 0 saturated carbocycles. The molecule has 4 heteroatoms. The summed E-state index contributed by atoms with van der Waals surface area (Å²) in [6, 6.07) is 15.6. The van der Waals surface area contributed by atoms with E-state index in [1.54, 1.807) is 0 Å². The number of rotatable bonds is 6. The van der Waals surface area contributed by atoms with Crippen molar-refractivity contribution in [3.05, 3.63) is 58.6 Å². The van der Waals surface area contributed by atoms with Crippen molar-refractivity contribution >= 4 is 15.9 Å². The second-order valence-electron chi connectivity index (χ2n) is 7.36. The molecule has 0 spiro atoms. The van der Waals surface area contributed by atoms with Gasteiger partial charge in [0.15, 0.2) is 0 Å². The zero-order valence-electron chi connectivity index (χ0n) is 15.5. The van der Waals surface area contributed by atoms with Gasteiger partial charge >= 0.3 is 0 Å². The fourth-order valence-electron chi connectivity index (χ4n) is 3.40. The number of aliphatic hydroxyl groups is 1. The molecule has 3 nitrogen and oxygen atoms in total. The summed E-state index contributed by atoms with van der Waals surface area (Å²) in [4.78, 5) is 2.49.